The molecule has 152 valence electrons. The molecule has 0 spiro atoms. The van der Waals surface area contributed by atoms with Crippen LogP contribution in [0.3, 0.4) is 0 Å². The molecule has 1 amide bonds. The van der Waals surface area contributed by atoms with Crippen molar-refractivity contribution in [3.8, 4) is 11.5 Å². The zero-order valence-corrected chi connectivity index (χ0v) is 16.7. The standard InChI is InChI=1S/C24H23N3O3/c1-2-30-22-11-9-21(10-12-22)27-15-19-8-7-17(13-20(19)16-27)24(29)26-25-14-18-5-3-4-6-23(18)28/h3-14,28H,2,15-16H2,1H3,(H,26,29)/b25-14-. The number of anilines is 1. The van der Waals surface area contributed by atoms with Crippen molar-refractivity contribution in [3.05, 3.63) is 89.0 Å². The van der Waals surface area contributed by atoms with Gasteiger partial charge in [-0.05, 0) is 66.6 Å². The zero-order valence-electron chi connectivity index (χ0n) is 16.7. The van der Waals surface area contributed by atoms with Gasteiger partial charge in [-0.3, -0.25) is 4.79 Å². The number of rotatable bonds is 6. The number of ether oxygens (including phenoxy) is 1. The fourth-order valence-corrected chi connectivity index (χ4v) is 3.46. The minimum Gasteiger partial charge on any atom is -0.507 e. The number of phenolic OH excluding ortho intramolecular Hbond substituents is 1. The Hall–Kier alpha value is -3.80. The number of phenols is 1. The first-order chi connectivity index (χ1) is 14.6. The Labute approximate surface area is 175 Å². The molecule has 1 heterocycles. The number of carbonyl (C=O) groups excluding carboxylic acids is 1. The molecule has 0 atom stereocenters. The van der Waals surface area contributed by atoms with Crippen LogP contribution in [0.1, 0.15) is 34.0 Å². The van der Waals surface area contributed by atoms with Crippen LogP contribution in [0.15, 0.2) is 71.8 Å². The minimum absolute atomic E-state index is 0.113. The van der Waals surface area contributed by atoms with E-state index < -0.39 is 0 Å². The average molecular weight is 401 g/mol. The van der Waals surface area contributed by atoms with Gasteiger partial charge in [0.1, 0.15) is 11.5 Å². The topological polar surface area (TPSA) is 74.2 Å². The molecule has 0 saturated heterocycles. The van der Waals surface area contributed by atoms with E-state index in [1.807, 2.05) is 37.3 Å². The van der Waals surface area contributed by atoms with Gasteiger partial charge in [0.25, 0.3) is 5.91 Å². The van der Waals surface area contributed by atoms with E-state index in [-0.39, 0.29) is 11.7 Å². The minimum atomic E-state index is -0.288. The lowest BCUT2D eigenvalue weighted by Gasteiger charge is -2.18. The van der Waals surface area contributed by atoms with Crippen LogP contribution >= 0.6 is 0 Å². The number of fused-ring (bicyclic) bond motifs is 1. The molecule has 0 unspecified atom stereocenters. The van der Waals surface area contributed by atoms with E-state index in [4.69, 9.17) is 4.74 Å². The quantitative estimate of drug-likeness (QED) is 0.482. The molecule has 0 fully saturated rings. The third kappa shape index (κ3) is 4.27. The summed E-state index contributed by atoms with van der Waals surface area (Å²) in [4.78, 5) is 14.7. The van der Waals surface area contributed by atoms with Crippen molar-refractivity contribution in [2.24, 2.45) is 5.10 Å². The monoisotopic (exact) mass is 401 g/mol. The Bertz CT molecular complexity index is 1080. The van der Waals surface area contributed by atoms with E-state index in [2.05, 4.69) is 27.6 Å². The second kappa shape index (κ2) is 8.69. The largest absolute Gasteiger partial charge is 0.507 e. The molecule has 0 radical (unpaired) electrons. The molecule has 0 saturated carbocycles. The molecule has 4 rings (SSSR count). The summed E-state index contributed by atoms with van der Waals surface area (Å²) in [6.07, 6.45) is 1.42. The third-order valence-corrected chi connectivity index (χ3v) is 5.01. The fourth-order valence-electron chi connectivity index (χ4n) is 3.46. The number of aromatic hydroxyl groups is 1. The van der Waals surface area contributed by atoms with Gasteiger partial charge in [0.2, 0.25) is 0 Å². The number of nitrogens with zero attached hydrogens (tertiary/aromatic N) is 2. The van der Waals surface area contributed by atoms with E-state index in [1.54, 1.807) is 24.3 Å². The molecule has 1 aliphatic rings. The molecule has 0 aromatic heterocycles. The van der Waals surface area contributed by atoms with Crippen LogP contribution in [0.5, 0.6) is 11.5 Å². The van der Waals surface area contributed by atoms with Crippen molar-refractivity contribution in [2.75, 3.05) is 11.5 Å². The normalized spacial score (nSPS) is 12.8. The van der Waals surface area contributed by atoms with Gasteiger partial charge in [-0.15, -0.1) is 0 Å². The van der Waals surface area contributed by atoms with E-state index in [1.165, 1.54) is 11.8 Å². The Morgan fingerprint density at radius 2 is 1.87 bits per heavy atom. The molecular weight excluding hydrogens is 378 g/mol. The van der Waals surface area contributed by atoms with Gasteiger partial charge in [-0.2, -0.15) is 5.10 Å². The molecule has 30 heavy (non-hydrogen) atoms. The van der Waals surface area contributed by atoms with Gasteiger partial charge in [0, 0.05) is 29.9 Å². The van der Waals surface area contributed by atoms with Crippen LogP contribution in [0.2, 0.25) is 0 Å². The first-order valence-corrected chi connectivity index (χ1v) is 9.85. The second-order valence-electron chi connectivity index (χ2n) is 7.02. The Morgan fingerprint density at radius 3 is 2.63 bits per heavy atom. The van der Waals surface area contributed by atoms with E-state index in [0.29, 0.717) is 17.7 Å². The molecule has 6 heteroatoms. The fraction of sp³-hybridized carbons (Fsp3) is 0.167. The highest BCUT2D eigenvalue weighted by Gasteiger charge is 2.20. The smallest absolute Gasteiger partial charge is 0.271 e. The predicted molar refractivity (Wildman–Crippen MR) is 117 cm³/mol. The number of nitrogens with one attached hydrogen (secondary N) is 1. The van der Waals surface area contributed by atoms with Gasteiger partial charge in [0.15, 0.2) is 0 Å². The average Bonchev–Trinajstić information content (AvgIpc) is 3.19. The summed E-state index contributed by atoms with van der Waals surface area (Å²) < 4.78 is 5.51. The van der Waals surface area contributed by atoms with Crippen LogP contribution in [0, 0.1) is 0 Å². The molecule has 1 aliphatic heterocycles. The number of carbonyl (C=O) groups is 1. The maximum absolute atomic E-state index is 12.5. The van der Waals surface area contributed by atoms with Gasteiger partial charge in [0.05, 0.1) is 12.8 Å². The second-order valence-corrected chi connectivity index (χ2v) is 7.02. The van der Waals surface area contributed by atoms with Crippen molar-refractivity contribution in [1.29, 1.82) is 0 Å². The van der Waals surface area contributed by atoms with Gasteiger partial charge in [-0.25, -0.2) is 5.43 Å². The summed E-state index contributed by atoms with van der Waals surface area (Å²) in [7, 11) is 0. The van der Waals surface area contributed by atoms with Crippen molar-refractivity contribution in [3.63, 3.8) is 0 Å². The number of para-hydroxylation sites is 1. The lowest BCUT2D eigenvalue weighted by molar-refractivity contribution is 0.0955. The Morgan fingerprint density at radius 1 is 1.10 bits per heavy atom. The van der Waals surface area contributed by atoms with Gasteiger partial charge >= 0.3 is 0 Å². The van der Waals surface area contributed by atoms with Crippen molar-refractivity contribution in [1.82, 2.24) is 5.43 Å². The maximum Gasteiger partial charge on any atom is 0.271 e. The van der Waals surface area contributed by atoms with E-state index >= 15 is 0 Å². The van der Waals surface area contributed by atoms with E-state index in [9.17, 15) is 9.90 Å². The molecule has 0 bridgehead atoms. The summed E-state index contributed by atoms with van der Waals surface area (Å²) in [5.74, 6) is 0.688. The van der Waals surface area contributed by atoms with Crippen molar-refractivity contribution < 1.29 is 14.6 Å². The van der Waals surface area contributed by atoms with Crippen LogP contribution in [0.4, 0.5) is 5.69 Å². The Kier molecular flexibility index (Phi) is 5.66. The number of hydrazone groups is 1. The molecular formula is C24H23N3O3. The molecule has 6 nitrogen and oxygen atoms in total. The highest BCUT2D eigenvalue weighted by molar-refractivity contribution is 5.95. The molecule has 2 N–H and O–H groups in total. The lowest BCUT2D eigenvalue weighted by Crippen LogP contribution is -2.18. The highest BCUT2D eigenvalue weighted by Crippen LogP contribution is 2.30. The van der Waals surface area contributed by atoms with Crippen LogP contribution in [-0.2, 0) is 13.1 Å². The van der Waals surface area contributed by atoms with Crippen LogP contribution < -0.4 is 15.1 Å². The number of hydrogen-bond donors (Lipinski definition) is 2. The first kappa shape index (κ1) is 19.5. The SMILES string of the molecule is CCOc1ccc(N2Cc3ccc(C(=O)N/N=C\c4ccccc4O)cc3C2)cc1. The first-order valence-electron chi connectivity index (χ1n) is 9.85. The molecule has 3 aromatic carbocycles. The maximum atomic E-state index is 12.5. The zero-order chi connectivity index (χ0) is 20.9. The number of amides is 1. The van der Waals surface area contributed by atoms with Crippen LogP contribution in [-0.4, -0.2) is 23.8 Å². The van der Waals surface area contributed by atoms with E-state index in [0.717, 1.165) is 30.1 Å². The third-order valence-electron chi connectivity index (χ3n) is 5.01. The van der Waals surface area contributed by atoms with Crippen molar-refractivity contribution in [2.45, 2.75) is 20.0 Å². The summed E-state index contributed by atoms with van der Waals surface area (Å²) in [5, 5.41) is 13.7. The van der Waals surface area contributed by atoms with Gasteiger partial charge < -0.3 is 14.7 Å². The highest BCUT2D eigenvalue weighted by atomic mass is 16.5. The van der Waals surface area contributed by atoms with Crippen molar-refractivity contribution >= 4 is 17.8 Å². The number of benzene rings is 3. The Balaban J connectivity index is 1.41. The predicted octanol–water partition coefficient (Wildman–Crippen LogP) is 4.08. The van der Waals surface area contributed by atoms with Crippen LogP contribution in [0.25, 0.3) is 0 Å². The number of hydrogen-bond acceptors (Lipinski definition) is 5. The summed E-state index contributed by atoms with van der Waals surface area (Å²) >= 11 is 0. The molecule has 3 aromatic rings. The summed E-state index contributed by atoms with van der Waals surface area (Å²) in [5.41, 5.74) is 7.06. The summed E-state index contributed by atoms with van der Waals surface area (Å²) in [6.45, 7) is 4.16. The van der Waals surface area contributed by atoms with Gasteiger partial charge in [-0.1, -0.05) is 18.2 Å². The lowest BCUT2D eigenvalue weighted by atomic mass is 10.1. The summed E-state index contributed by atoms with van der Waals surface area (Å²) in [6, 6.07) is 20.6. The molecule has 0 aliphatic carbocycles.